The van der Waals surface area contributed by atoms with Crippen LogP contribution >= 0.6 is 15.9 Å². The highest BCUT2D eigenvalue weighted by molar-refractivity contribution is 9.10. The highest BCUT2D eigenvalue weighted by Crippen LogP contribution is 2.28. The molecule has 1 aliphatic carbocycles. The van der Waals surface area contributed by atoms with Crippen LogP contribution < -0.4 is 15.6 Å². The predicted octanol–water partition coefficient (Wildman–Crippen LogP) is 2.10. The lowest BCUT2D eigenvalue weighted by molar-refractivity contribution is -0.126. The number of carboxylic acid groups (broad SMARTS) is 1. The second kappa shape index (κ2) is 8.33. The van der Waals surface area contributed by atoms with Crippen molar-refractivity contribution in [2.45, 2.75) is 56.7 Å². The molecule has 27 heavy (non-hydrogen) atoms. The van der Waals surface area contributed by atoms with E-state index in [1.807, 2.05) is 0 Å². The van der Waals surface area contributed by atoms with Crippen LogP contribution in [0.15, 0.2) is 21.5 Å². The summed E-state index contributed by atoms with van der Waals surface area (Å²) in [5.41, 5.74) is -0.131. The predicted molar refractivity (Wildman–Crippen MR) is 102 cm³/mol. The van der Waals surface area contributed by atoms with Crippen LogP contribution in [-0.4, -0.2) is 51.3 Å². The number of hydrogen-bond acceptors (Lipinski definition) is 4. The molecule has 2 fully saturated rings. The van der Waals surface area contributed by atoms with Crippen molar-refractivity contribution in [2.24, 2.45) is 7.05 Å². The third-order valence-corrected chi connectivity index (χ3v) is 5.86. The Balaban J connectivity index is 1.50. The Morgan fingerprint density at radius 3 is 2.63 bits per heavy atom. The molecule has 1 aliphatic heterocycles. The Labute approximate surface area is 165 Å². The molecule has 3 rings (SSSR count). The number of ether oxygens (including phenoxy) is 1. The third kappa shape index (κ3) is 4.63. The van der Waals surface area contributed by atoms with Crippen LogP contribution in [0.2, 0.25) is 0 Å². The molecule has 1 saturated carbocycles. The van der Waals surface area contributed by atoms with Crippen molar-refractivity contribution in [1.29, 1.82) is 0 Å². The maximum atomic E-state index is 12.4. The molecule has 2 aliphatic rings. The van der Waals surface area contributed by atoms with Gasteiger partial charge in [0, 0.05) is 31.9 Å². The lowest BCUT2D eigenvalue weighted by Gasteiger charge is -2.31. The van der Waals surface area contributed by atoms with Crippen molar-refractivity contribution in [3.8, 4) is 5.75 Å². The summed E-state index contributed by atoms with van der Waals surface area (Å²) in [5.74, 6) is 0.335. The molecule has 8 nitrogen and oxygen atoms in total. The van der Waals surface area contributed by atoms with Gasteiger partial charge in [0.2, 0.25) is 5.91 Å². The van der Waals surface area contributed by atoms with Gasteiger partial charge in [-0.3, -0.25) is 14.5 Å². The van der Waals surface area contributed by atoms with Gasteiger partial charge in [-0.25, -0.2) is 4.79 Å². The zero-order chi connectivity index (χ0) is 19.6. The molecule has 0 aromatic carbocycles. The van der Waals surface area contributed by atoms with Crippen molar-refractivity contribution < 1.29 is 19.4 Å². The minimum atomic E-state index is -1.04. The third-order valence-electron chi connectivity index (χ3n) is 5.26. The van der Waals surface area contributed by atoms with Gasteiger partial charge in [0.25, 0.3) is 5.56 Å². The summed E-state index contributed by atoms with van der Waals surface area (Å²) in [6.45, 7) is 0.416. The van der Waals surface area contributed by atoms with E-state index in [4.69, 9.17) is 4.74 Å². The summed E-state index contributed by atoms with van der Waals surface area (Å²) in [4.78, 5) is 36.6. The standard InChI is InChI=1S/C18H24BrN3O5/c1-21-10-13(19)15(9-16(21)23)27-12-6-4-11(5-7-12)20-17(24)14-3-2-8-22(14)18(25)26/h9-12,14H,2-8H2,1H3,(H,20,24)(H,25,26)/t11?,12?,14-/m1/s1. The molecule has 0 bridgehead atoms. The van der Waals surface area contributed by atoms with Gasteiger partial charge in [-0.1, -0.05) is 0 Å². The first-order valence-electron chi connectivity index (χ1n) is 9.18. The molecule has 2 amide bonds. The number of likely N-dealkylation sites (tertiary alicyclic amines) is 1. The molecule has 2 N–H and O–H groups in total. The SMILES string of the molecule is Cn1cc(Br)c(OC2CCC(NC(=O)[C@H]3CCCN3C(=O)O)CC2)cc1=O. The van der Waals surface area contributed by atoms with E-state index in [2.05, 4.69) is 21.2 Å². The van der Waals surface area contributed by atoms with E-state index >= 15 is 0 Å². The van der Waals surface area contributed by atoms with E-state index in [0.717, 1.165) is 36.6 Å². The number of carbonyl (C=O) groups excluding carboxylic acids is 1. The molecule has 2 heterocycles. The average molecular weight is 442 g/mol. The van der Waals surface area contributed by atoms with Crippen molar-refractivity contribution in [1.82, 2.24) is 14.8 Å². The minimum absolute atomic E-state index is 0.0106. The van der Waals surface area contributed by atoms with Gasteiger partial charge in [-0.15, -0.1) is 0 Å². The van der Waals surface area contributed by atoms with Crippen LogP contribution in [-0.2, 0) is 11.8 Å². The van der Waals surface area contributed by atoms with Crippen LogP contribution in [0.1, 0.15) is 38.5 Å². The van der Waals surface area contributed by atoms with Crippen LogP contribution in [0.5, 0.6) is 5.75 Å². The molecule has 1 aromatic rings. The molecule has 148 valence electrons. The number of amides is 2. The maximum absolute atomic E-state index is 12.4. The zero-order valence-corrected chi connectivity index (χ0v) is 16.8. The van der Waals surface area contributed by atoms with E-state index in [1.165, 1.54) is 15.5 Å². The fraction of sp³-hybridized carbons (Fsp3) is 0.611. The van der Waals surface area contributed by atoms with E-state index < -0.39 is 12.1 Å². The quantitative estimate of drug-likeness (QED) is 0.744. The van der Waals surface area contributed by atoms with Crippen molar-refractivity contribution in [3.63, 3.8) is 0 Å². The summed E-state index contributed by atoms with van der Waals surface area (Å²) in [7, 11) is 1.68. The number of hydrogen-bond donors (Lipinski definition) is 2. The van der Waals surface area contributed by atoms with Gasteiger partial charge in [-0.2, -0.15) is 0 Å². The van der Waals surface area contributed by atoms with Gasteiger partial charge in [0.15, 0.2) is 0 Å². The Hall–Kier alpha value is -2.03. The number of nitrogens with one attached hydrogen (secondary N) is 1. The Kier molecular flexibility index (Phi) is 6.08. The van der Waals surface area contributed by atoms with E-state index in [9.17, 15) is 19.5 Å². The maximum Gasteiger partial charge on any atom is 0.407 e. The van der Waals surface area contributed by atoms with Crippen LogP contribution in [0, 0.1) is 0 Å². The summed E-state index contributed by atoms with van der Waals surface area (Å²) >= 11 is 3.41. The lowest BCUT2D eigenvalue weighted by atomic mass is 9.92. The van der Waals surface area contributed by atoms with Crippen molar-refractivity contribution in [3.05, 3.63) is 27.1 Å². The lowest BCUT2D eigenvalue weighted by Crippen LogP contribution is -2.49. The van der Waals surface area contributed by atoms with Crippen LogP contribution in [0.3, 0.4) is 0 Å². The van der Waals surface area contributed by atoms with Gasteiger partial charge < -0.3 is 19.7 Å². The molecule has 1 saturated heterocycles. The highest BCUT2D eigenvalue weighted by Gasteiger charge is 2.35. The molecule has 0 spiro atoms. The van der Waals surface area contributed by atoms with Gasteiger partial charge in [0.1, 0.15) is 11.8 Å². The fourth-order valence-electron chi connectivity index (χ4n) is 3.74. The number of pyridine rings is 1. The number of aryl methyl sites for hydroxylation is 1. The summed E-state index contributed by atoms with van der Waals surface area (Å²) in [6.07, 6.45) is 4.98. The van der Waals surface area contributed by atoms with E-state index in [1.54, 1.807) is 13.2 Å². The number of halogens is 1. The molecule has 9 heteroatoms. The van der Waals surface area contributed by atoms with E-state index in [-0.39, 0.29) is 23.6 Å². The molecular formula is C18H24BrN3O5. The first-order valence-corrected chi connectivity index (χ1v) is 9.97. The monoisotopic (exact) mass is 441 g/mol. The first kappa shape index (κ1) is 19.7. The van der Waals surface area contributed by atoms with Crippen LogP contribution in [0.4, 0.5) is 4.79 Å². The minimum Gasteiger partial charge on any atom is -0.489 e. The Morgan fingerprint density at radius 2 is 1.96 bits per heavy atom. The van der Waals surface area contributed by atoms with Gasteiger partial charge in [-0.05, 0) is 54.5 Å². The molecule has 0 unspecified atom stereocenters. The summed E-state index contributed by atoms with van der Waals surface area (Å²) < 4.78 is 8.18. The van der Waals surface area contributed by atoms with Gasteiger partial charge >= 0.3 is 6.09 Å². The summed E-state index contributed by atoms with van der Waals surface area (Å²) in [6, 6.07) is 0.923. The fourth-order valence-corrected chi connectivity index (χ4v) is 4.26. The summed E-state index contributed by atoms with van der Waals surface area (Å²) in [5, 5.41) is 12.2. The first-order chi connectivity index (χ1) is 12.8. The molecular weight excluding hydrogens is 418 g/mol. The number of carbonyl (C=O) groups is 2. The zero-order valence-electron chi connectivity index (χ0n) is 15.2. The second-order valence-electron chi connectivity index (χ2n) is 7.17. The van der Waals surface area contributed by atoms with Crippen LogP contribution in [0.25, 0.3) is 0 Å². The van der Waals surface area contributed by atoms with Gasteiger partial charge in [0.05, 0.1) is 10.6 Å². The average Bonchev–Trinajstić information content (AvgIpc) is 3.11. The molecule has 1 atom stereocenters. The molecule has 0 radical (unpaired) electrons. The number of nitrogens with zero attached hydrogens (tertiary/aromatic N) is 2. The Bertz CT molecular complexity index is 773. The number of aromatic nitrogens is 1. The Morgan fingerprint density at radius 1 is 1.26 bits per heavy atom. The normalized spacial score (nSPS) is 25.3. The highest BCUT2D eigenvalue weighted by atomic mass is 79.9. The topological polar surface area (TPSA) is 101 Å². The largest absolute Gasteiger partial charge is 0.489 e. The number of rotatable bonds is 4. The smallest absolute Gasteiger partial charge is 0.407 e. The van der Waals surface area contributed by atoms with Crippen molar-refractivity contribution >= 4 is 27.9 Å². The van der Waals surface area contributed by atoms with E-state index in [0.29, 0.717) is 18.7 Å². The molecule has 1 aromatic heterocycles. The van der Waals surface area contributed by atoms with Crippen molar-refractivity contribution in [2.75, 3.05) is 6.54 Å². The second-order valence-corrected chi connectivity index (χ2v) is 8.02.